The van der Waals surface area contributed by atoms with Crippen molar-refractivity contribution in [2.75, 3.05) is 24.9 Å². The highest BCUT2D eigenvalue weighted by Crippen LogP contribution is 2.27. The molecule has 1 heterocycles. The maximum absolute atomic E-state index is 13.1. The van der Waals surface area contributed by atoms with Gasteiger partial charge in [-0.3, -0.25) is 9.52 Å². The van der Waals surface area contributed by atoms with E-state index in [4.69, 9.17) is 4.74 Å². The molecule has 0 unspecified atom stereocenters. The van der Waals surface area contributed by atoms with Crippen LogP contribution < -0.4 is 9.46 Å². The predicted molar refractivity (Wildman–Crippen MR) is 114 cm³/mol. The van der Waals surface area contributed by atoms with Crippen molar-refractivity contribution in [2.45, 2.75) is 44.4 Å². The van der Waals surface area contributed by atoms with Crippen LogP contribution in [0, 0.1) is 13.8 Å². The number of ether oxygens (including phenoxy) is 1. The molecule has 1 aliphatic heterocycles. The van der Waals surface area contributed by atoms with Crippen molar-refractivity contribution in [2.24, 2.45) is 0 Å². The number of rotatable bonds is 5. The minimum absolute atomic E-state index is 0.0384. The lowest BCUT2D eigenvalue weighted by Gasteiger charge is -2.22. The molecule has 1 N–H and O–H groups in total. The van der Waals surface area contributed by atoms with E-state index in [0.717, 1.165) is 36.8 Å². The number of benzene rings is 2. The van der Waals surface area contributed by atoms with E-state index < -0.39 is 10.0 Å². The fourth-order valence-corrected chi connectivity index (χ4v) is 4.75. The third kappa shape index (κ3) is 4.90. The Morgan fingerprint density at radius 2 is 1.69 bits per heavy atom. The number of hydrogen-bond donors (Lipinski definition) is 1. The first kappa shape index (κ1) is 21.2. The number of carbonyl (C=O) groups is 1. The molecule has 1 amide bonds. The second kappa shape index (κ2) is 8.86. The summed E-state index contributed by atoms with van der Waals surface area (Å²) >= 11 is 0. The first-order chi connectivity index (χ1) is 13.8. The van der Waals surface area contributed by atoms with Gasteiger partial charge in [0.15, 0.2) is 0 Å². The molecular weight excluding hydrogens is 388 g/mol. The summed E-state index contributed by atoms with van der Waals surface area (Å²) in [7, 11) is -2.36. The number of carbonyl (C=O) groups excluding carboxylic acids is 1. The highest BCUT2D eigenvalue weighted by Gasteiger charge is 2.24. The quantitative estimate of drug-likeness (QED) is 0.795. The van der Waals surface area contributed by atoms with Crippen molar-refractivity contribution < 1.29 is 17.9 Å². The van der Waals surface area contributed by atoms with Crippen LogP contribution in [0.3, 0.4) is 0 Å². The SMILES string of the molecule is COc1ccc(S(=O)(=O)Nc2ccc(C)cc2C)cc1C(=O)N1CCCCCC1. The van der Waals surface area contributed by atoms with Gasteiger partial charge in [-0.15, -0.1) is 0 Å². The third-order valence-electron chi connectivity index (χ3n) is 5.23. The summed E-state index contributed by atoms with van der Waals surface area (Å²) in [6.07, 6.45) is 4.13. The Labute approximate surface area is 172 Å². The average molecular weight is 417 g/mol. The van der Waals surface area contributed by atoms with Crippen LogP contribution in [0.15, 0.2) is 41.3 Å². The first-order valence-corrected chi connectivity index (χ1v) is 11.4. The normalized spacial score (nSPS) is 14.9. The van der Waals surface area contributed by atoms with Crippen molar-refractivity contribution in [3.05, 3.63) is 53.1 Å². The fraction of sp³-hybridized carbons (Fsp3) is 0.409. The molecule has 2 aromatic carbocycles. The molecule has 1 fully saturated rings. The van der Waals surface area contributed by atoms with Crippen LogP contribution in [0.1, 0.15) is 47.2 Å². The minimum Gasteiger partial charge on any atom is -0.496 e. The highest BCUT2D eigenvalue weighted by molar-refractivity contribution is 7.92. The van der Waals surface area contributed by atoms with Crippen molar-refractivity contribution in [3.8, 4) is 5.75 Å². The number of nitrogens with zero attached hydrogens (tertiary/aromatic N) is 1. The number of aryl methyl sites for hydroxylation is 2. The lowest BCUT2D eigenvalue weighted by molar-refractivity contribution is 0.0758. The van der Waals surface area contributed by atoms with Crippen LogP contribution >= 0.6 is 0 Å². The van der Waals surface area contributed by atoms with Gasteiger partial charge in [-0.25, -0.2) is 8.42 Å². The number of sulfonamides is 1. The van der Waals surface area contributed by atoms with Gasteiger partial charge in [0.2, 0.25) is 0 Å². The monoisotopic (exact) mass is 416 g/mol. The Bertz CT molecular complexity index is 994. The molecule has 0 aliphatic carbocycles. The van der Waals surface area contributed by atoms with Crippen molar-refractivity contribution in [3.63, 3.8) is 0 Å². The molecule has 0 atom stereocenters. The second-order valence-corrected chi connectivity index (χ2v) is 9.17. The number of anilines is 1. The van der Waals surface area contributed by atoms with E-state index in [1.807, 2.05) is 26.0 Å². The molecule has 1 saturated heterocycles. The van der Waals surface area contributed by atoms with Gasteiger partial charge in [0.1, 0.15) is 5.75 Å². The number of nitrogens with one attached hydrogen (secondary N) is 1. The molecule has 156 valence electrons. The number of amides is 1. The second-order valence-electron chi connectivity index (χ2n) is 7.49. The van der Waals surface area contributed by atoms with E-state index in [1.165, 1.54) is 19.2 Å². The maximum atomic E-state index is 13.1. The Kier molecular flexibility index (Phi) is 6.47. The highest BCUT2D eigenvalue weighted by atomic mass is 32.2. The van der Waals surface area contributed by atoms with Crippen LogP contribution in [0.4, 0.5) is 5.69 Å². The predicted octanol–water partition coefficient (Wildman–Crippen LogP) is 4.13. The van der Waals surface area contributed by atoms with E-state index in [9.17, 15) is 13.2 Å². The number of likely N-dealkylation sites (tertiary alicyclic amines) is 1. The third-order valence-corrected chi connectivity index (χ3v) is 6.59. The summed E-state index contributed by atoms with van der Waals surface area (Å²) in [4.78, 5) is 14.9. The van der Waals surface area contributed by atoms with Crippen molar-refractivity contribution in [1.29, 1.82) is 0 Å². The number of hydrogen-bond acceptors (Lipinski definition) is 4. The molecule has 0 spiro atoms. The van der Waals surface area contributed by atoms with Gasteiger partial charge in [0.05, 0.1) is 23.3 Å². The molecule has 2 aromatic rings. The molecular formula is C22H28N2O4S. The van der Waals surface area contributed by atoms with Crippen LogP contribution in [-0.2, 0) is 10.0 Å². The summed E-state index contributed by atoms with van der Waals surface area (Å²) < 4.78 is 33.9. The molecule has 0 aromatic heterocycles. The summed E-state index contributed by atoms with van der Waals surface area (Å²) in [6.45, 7) is 5.17. The van der Waals surface area contributed by atoms with Gasteiger partial charge < -0.3 is 9.64 Å². The minimum atomic E-state index is -3.84. The van der Waals surface area contributed by atoms with Crippen LogP contribution in [0.5, 0.6) is 5.75 Å². The van der Waals surface area contributed by atoms with E-state index in [-0.39, 0.29) is 16.4 Å². The Balaban J connectivity index is 1.93. The van der Waals surface area contributed by atoms with Crippen molar-refractivity contribution >= 4 is 21.6 Å². The summed E-state index contributed by atoms with van der Waals surface area (Å²) in [5.74, 6) is 0.192. The molecule has 0 radical (unpaired) electrons. The van der Waals surface area contributed by atoms with Gasteiger partial charge in [0, 0.05) is 13.1 Å². The zero-order valence-electron chi connectivity index (χ0n) is 17.2. The Morgan fingerprint density at radius 1 is 1.00 bits per heavy atom. The zero-order valence-corrected chi connectivity index (χ0v) is 18.0. The molecule has 7 heteroatoms. The molecule has 29 heavy (non-hydrogen) atoms. The van der Waals surface area contributed by atoms with Gasteiger partial charge in [-0.1, -0.05) is 30.5 Å². The Morgan fingerprint density at radius 3 is 2.31 bits per heavy atom. The van der Waals surface area contributed by atoms with Gasteiger partial charge >= 0.3 is 0 Å². The first-order valence-electron chi connectivity index (χ1n) is 9.89. The van der Waals surface area contributed by atoms with E-state index in [2.05, 4.69) is 4.72 Å². The summed E-state index contributed by atoms with van der Waals surface area (Å²) in [6, 6.07) is 9.94. The summed E-state index contributed by atoms with van der Waals surface area (Å²) in [5, 5.41) is 0. The topological polar surface area (TPSA) is 75.7 Å². The van der Waals surface area contributed by atoms with Gasteiger partial charge in [-0.05, 0) is 56.5 Å². The molecule has 6 nitrogen and oxygen atoms in total. The van der Waals surface area contributed by atoms with Crippen LogP contribution in [-0.4, -0.2) is 39.4 Å². The molecule has 0 saturated carbocycles. The van der Waals surface area contributed by atoms with Crippen LogP contribution in [0.2, 0.25) is 0 Å². The smallest absolute Gasteiger partial charge is 0.261 e. The van der Waals surface area contributed by atoms with E-state index in [1.54, 1.807) is 17.0 Å². The zero-order chi connectivity index (χ0) is 21.0. The van der Waals surface area contributed by atoms with Gasteiger partial charge in [0.25, 0.3) is 15.9 Å². The maximum Gasteiger partial charge on any atom is 0.261 e. The summed E-state index contributed by atoms with van der Waals surface area (Å²) in [5.41, 5.74) is 2.69. The molecule has 1 aliphatic rings. The standard InChI is InChI=1S/C22H28N2O4S/c1-16-8-10-20(17(2)14-16)23-29(26,27)18-9-11-21(28-3)19(15-18)22(25)24-12-6-4-5-7-13-24/h8-11,14-15,23H,4-7,12-13H2,1-3H3. The fourth-order valence-electron chi connectivity index (χ4n) is 3.60. The molecule has 0 bridgehead atoms. The largest absolute Gasteiger partial charge is 0.496 e. The van der Waals surface area contributed by atoms with Crippen molar-refractivity contribution in [1.82, 2.24) is 4.90 Å². The lowest BCUT2D eigenvalue weighted by Crippen LogP contribution is -2.32. The van der Waals surface area contributed by atoms with Gasteiger partial charge in [-0.2, -0.15) is 0 Å². The van der Waals surface area contributed by atoms with Crippen LogP contribution in [0.25, 0.3) is 0 Å². The lowest BCUT2D eigenvalue weighted by atomic mass is 10.1. The average Bonchev–Trinajstić information content (AvgIpc) is 2.98. The number of methoxy groups -OCH3 is 1. The van der Waals surface area contributed by atoms with E-state index in [0.29, 0.717) is 24.5 Å². The molecule has 3 rings (SSSR count). The Hall–Kier alpha value is -2.54. The van der Waals surface area contributed by atoms with E-state index >= 15 is 0 Å².